The molecule has 0 radical (unpaired) electrons. The fraction of sp³-hybridized carbons (Fsp3) is 0.300. The zero-order valence-electron chi connectivity index (χ0n) is 15.2. The van der Waals surface area contributed by atoms with E-state index >= 15 is 0 Å². The van der Waals surface area contributed by atoms with E-state index in [-0.39, 0.29) is 18.0 Å². The molecule has 1 N–H and O–H groups in total. The lowest BCUT2D eigenvalue weighted by molar-refractivity contribution is -0.130. The Hall–Kier alpha value is -3.09. The summed E-state index contributed by atoms with van der Waals surface area (Å²) in [5, 5.41) is 2.55. The van der Waals surface area contributed by atoms with Crippen LogP contribution < -0.4 is 15.0 Å². The molecule has 2 aromatic carbocycles. The summed E-state index contributed by atoms with van der Waals surface area (Å²) in [6.07, 6.45) is 0. The van der Waals surface area contributed by atoms with Gasteiger partial charge >= 0.3 is 0 Å². The van der Waals surface area contributed by atoms with Crippen LogP contribution in [-0.4, -0.2) is 56.5 Å². The van der Waals surface area contributed by atoms with Crippen LogP contribution in [0.25, 0.3) is 0 Å². The summed E-state index contributed by atoms with van der Waals surface area (Å²) in [7, 11) is 1.63. The molecule has 7 heteroatoms. The van der Waals surface area contributed by atoms with Crippen molar-refractivity contribution in [3.63, 3.8) is 0 Å². The van der Waals surface area contributed by atoms with E-state index in [2.05, 4.69) is 10.2 Å². The van der Waals surface area contributed by atoms with Gasteiger partial charge in [-0.1, -0.05) is 12.1 Å². The maximum atomic E-state index is 13.2. The predicted octanol–water partition coefficient (Wildman–Crippen LogP) is 1.91. The fourth-order valence-corrected chi connectivity index (χ4v) is 3.02. The quantitative estimate of drug-likeness (QED) is 0.872. The number of carbonyl (C=O) groups excluding carboxylic acids is 2. The number of carbonyl (C=O) groups is 2. The van der Waals surface area contributed by atoms with Crippen LogP contribution in [0.5, 0.6) is 5.75 Å². The van der Waals surface area contributed by atoms with Gasteiger partial charge in [0.25, 0.3) is 5.91 Å². The zero-order chi connectivity index (χ0) is 19.2. The summed E-state index contributed by atoms with van der Waals surface area (Å²) >= 11 is 0. The Labute approximate surface area is 157 Å². The van der Waals surface area contributed by atoms with Crippen molar-refractivity contribution in [2.75, 3.05) is 44.7 Å². The van der Waals surface area contributed by atoms with Gasteiger partial charge < -0.3 is 19.9 Å². The van der Waals surface area contributed by atoms with Gasteiger partial charge in [-0.05, 0) is 30.3 Å². The predicted molar refractivity (Wildman–Crippen MR) is 101 cm³/mol. The first-order valence-electron chi connectivity index (χ1n) is 8.77. The monoisotopic (exact) mass is 371 g/mol. The van der Waals surface area contributed by atoms with E-state index in [0.717, 1.165) is 17.5 Å². The van der Waals surface area contributed by atoms with Crippen molar-refractivity contribution < 1.29 is 18.7 Å². The molecule has 27 heavy (non-hydrogen) atoms. The molecule has 1 fully saturated rings. The third kappa shape index (κ3) is 4.75. The van der Waals surface area contributed by atoms with Gasteiger partial charge in [-0.15, -0.1) is 0 Å². The van der Waals surface area contributed by atoms with E-state index < -0.39 is 11.7 Å². The molecule has 1 saturated heterocycles. The van der Waals surface area contributed by atoms with Gasteiger partial charge in [0.2, 0.25) is 5.91 Å². The van der Waals surface area contributed by atoms with Crippen LogP contribution in [0.15, 0.2) is 48.5 Å². The van der Waals surface area contributed by atoms with Crippen molar-refractivity contribution in [1.82, 2.24) is 10.2 Å². The van der Waals surface area contributed by atoms with Crippen LogP contribution in [0, 0.1) is 5.82 Å². The Kier molecular flexibility index (Phi) is 5.90. The van der Waals surface area contributed by atoms with Crippen LogP contribution >= 0.6 is 0 Å². The third-order valence-corrected chi connectivity index (χ3v) is 4.54. The first-order chi connectivity index (χ1) is 13.1. The summed E-state index contributed by atoms with van der Waals surface area (Å²) in [5.41, 5.74) is 1.26. The fourth-order valence-electron chi connectivity index (χ4n) is 3.02. The summed E-state index contributed by atoms with van der Waals surface area (Å²) < 4.78 is 18.4. The first-order valence-corrected chi connectivity index (χ1v) is 8.77. The van der Waals surface area contributed by atoms with Crippen LogP contribution in [-0.2, 0) is 4.79 Å². The van der Waals surface area contributed by atoms with Gasteiger partial charge in [0, 0.05) is 43.5 Å². The van der Waals surface area contributed by atoms with Gasteiger partial charge in [-0.3, -0.25) is 9.59 Å². The minimum absolute atomic E-state index is 0.103. The van der Waals surface area contributed by atoms with Crippen molar-refractivity contribution in [2.24, 2.45) is 0 Å². The van der Waals surface area contributed by atoms with Crippen LogP contribution in [0.2, 0.25) is 0 Å². The molecule has 1 heterocycles. The maximum Gasteiger partial charge on any atom is 0.251 e. The van der Waals surface area contributed by atoms with Gasteiger partial charge in [0.15, 0.2) is 0 Å². The molecule has 2 amide bonds. The standard InChI is InChI=1S/C20H22FN3O3/c1-27-18-7-3-6-17(13-18)23-8-10-24(11-9-23)19(25)14-22-20(26)15-4-2-5-16(21)12-15/h2-7,12-13H,8-11,14H2,1H3,(H,22,26). The Morgan fingerprint density at radius 3 is 2.52 bits per heavy atom. The van der Waals surface area contributed by atoms with Crippen molar-refractivity contribution in [1.29, 1.82) is 0 Å². The molecule has 1 aliphatic rings. The molecule has 0 atom stereocenters. The van der Waals surface area contributed by atoms with Crippen LogP contribution in [0.4, 0.5) is 10.1 Å². The SMILES string of the molecule is COc1cccc(N2CCN(C(=O)CNC(=O)c3cccc(F)c3)CC2)c1. The summed E-state index contributed by atoms with van der Waals surface area (Å²) in [6, 6.07) is 13.2. The number of anilines is 1. The number of hydrogen-bond acceptors (Lipinski definition) is 4. The largest absolute Gasteiger partial charge is 0.497 e. The van der Waals surface area contributed by atoms with Gasteiger partial charge in [0.05, 0.1) is 13.7 Å². The van der Waals surface area contributed by atoms with Gasteiger partial charge in [-0.25, -0.2) is 4.39 Å². The molecule has 0 saturated carbocycles. The average molecular weight is 371 g/mol. The normalized spacial score (nSPS) is 14.0. The Balaban J connectivity index is 1.49. The second kappa shape index (κ2) is 8.53. The number of methoxy groups -OCH3 is 1. The molecule has 1 aliphatic heterocycles. The molecule has 2 aromatic rings. The number of ether oxygens (including phenoxy) is 1. The van der Waals surface area contributed by atoms with E-state index in [0.29, 0.717) is 26.2 Å². The van der Waals surface area contributed by atoms with E-state index in [9.17, 15) is 14.0 Å². The molecule has 3 rings (SSSR count). The highest BCUT2D eigenvalue weighted by atomic mass is 19.1. The number of hydrogen-bond donors (Lipinski definition) is 1. The summed E-state index contributed by atoms with van der Waals surface area (Å²) in [5.74, 6) is -0.295. The Morgan fingerprint density at radius 1 is 1.07 bits per heavy atom. The molecule has 142 valence electrons. The topological polar surface area (TPSA) is 61.9 Å². The molecular formula is C20H22FN3O3. The number of halogens is 1. The van der Waals surface area contributed by atoms with Crippen molar-refractivity contribution in [3.8, 4) is 5.75 Å². The summed E-state index contributed by atoms with van der Waals surface area (Å²) in [4.78, 5) is 28.3. The molecule has 0 unspecified atom stereocenters. The smallest absolute Gasteiger partial charge is 0.251 e. The lowest BCUT2D eigenvalue weighted by Crippen LogP contribution is -2.51. The number of piperazine rings is 1. The zero-order valence-corrected chi connectivity index (χ0v) is 15.2. The Morgan fingerprint density at radius 2 is 1.81 bits per heavy atom. The molecular weight excluding hydrogens is 349 g/mol. The lowest BCUT2D eigenvalue weighted by Gasteiger charge is -2.36. The average Bonchev–Trinajstić information content (AvgIpc) is 2.72. The molecule has 0 spiro atoms. The van der Waals surface area contributed by atoms with Crippen LogP contribution in [0.3, 0.4) is 0 Å². The van der Waals surface area contributed by atoms with E-state index in [4.69, 9.17) is 4.74 Å². The highest BCUT2D eigenvalue weighted by Crippen LogP contribution is 2.22. The maximum absolute atomic E-state index is 13.2. The highest BCUT2D eigenvalue weighted by molar-refractivity contribution is 5.96. The molecule has 0 aromatic heterocycles. The minimum atomic E-state index is -0.484. The van der Waals surface area contributed by atoms with Gasteiger partial charge in [0.1, 0.15) is 11.6 Å². The number of rotatable bonds is 5. The first kappa shape index (κ1) is 18.7. The number of nitrogens with zero attached hydrogens (tertiary/aromatic N) is 2. The number of nitrogens with one attached hydrogen (secondary N) is 1. The van der Waals surface area contributed by atoms with Crippen LogP contribution in [0.1, 0.15) is 10.4 Å². The third-order valence-electron chi connectivity index (χ3n) is 4.54. The number of benzene rings is 2. The van der Waals surface area contributed by atoms with Gasteiger partial charge in [-0.2, -0.15) is 0 Å². The molecule has 0 bridgehead atoms. The second-order valence-electron chi connectivity index (χ2n) is 6.26. The lowest BCUT2D eigenvalue weighted by atomic mass is 10.2. The van der Waals surface area contributed by atoms with Crippen molar-refractivity contribution >= 4 is 17.5 Å². The minimum Gasteiger partial charge on any atom is -0.497 e. The number of amides is 2. The molecule has 6 nitrogen and oxygen atoms in total. The van der Waals surface area contributed by atoms with E-state index in [1.165, 1.54) is 18.2 Å². The second-order valence-corrected chi connectivity index (χ2v) is 6.26. The highest BCUT2D eigenvalue weighted by Gasteiger charge is 2.22. The van der Waals surface area contributed by atoms with Crippen molar-refractivity contribution in [3.05, 3.63) is 59.9 Å². The van der Waals surface area contributed by atoms with E-state index in [1.54, 1.807) is 12.0 Å². The summed E-state index contributed by atoms with van der Waals surface area (Å²) in [6.45, 7) is 2.46. The molecule has 0 aliphatic carbocycles. The van der Waals surface area contributed by atoms with E-state index in [1.807, 2.05) is 24.3 Å². The van der Waals surface area contributed by atoms with Crippen molar-refractivity contribution in [2.45, 2.75) is 0 Å². The Bertz CT molecular complexity index is 820.